The molecule has 0 aliphatic carbocycles. The van der Waals surface area contributed by atoms with E-state index in [4.69, 9.17) is 4.74 Å². The average molecular weight is 607 g/mol. The number of amides is 2. The van der Waals surface area contributed by atoms with Gasteiger partial charge in [-0.25, -0.2) is 22.0 Å². The number of carbonyl (C=O) groups excluding carboxylic acids is 1. The second-order valence-electron chi connectivity index (χ2n) is 10.4. The molecule has 8 nitrogen and oxygen atoms in total. The van der Waals surface area contributed by atoms with E-state index in [9.17, 15) is 22.0 Å². The predicted molar refractivity (Wildman–Crippen MR) is 163 cm³/mol. The predicted octanol–water partition coefficient (Wildman–Crippen LogP) is 6.64. The van der Waals surface area contributed by atoms with Crippen LogP contribution < -0.4 is 19.7 Å². The maximum Gasteiger partial charge on any atom is 0.326 e. The van der Waals surface area contributed by atoms with Crippen LogP contribution in [0.1, 0.15) is 18.4 Å². The topological polar surface area (TPSA) is 91.0 Å². The van der Waals surface area contributed by atoms with Gasteiger partial charge in [-0.2, -0.15) is 0 Å². The van der Waals surface area contributed by atoms with Gasteiger partial charge in [0.2, 0.25) is 10.0 Å². The highest BCUT2D eigenvalue weighted by Gasteiger charge is 2.26. The quantitative estimate of drug-likeness (QED) is 0.223. The highest BCUT2D eigenvalue weighted by atomic mass is 32.2. The van der Waals surface area contributed by atoms with Gasteiger partial charge < -0.3 is 10.1 Å². The lowest BCUT2D eigenvalue weighted by molar-refractivity contribution is 0.189. The van der Waals surface area contributed by atoms with Gasteiger partial charge in [-0.3, -0.25) is 14.5 Å². The third-order valence-corrected chi connectivity index (χ3v) is 7.63. The third-order valence-electron chi connectivity index (χ3n) is 7.02. The zero-order chi connectivity index (χ0) is 30.4. The minimum Gasteiger partial charge on any atom is -0.457 e. The monoisotopic (exact) mass is 606 g/mol. The second-order valence-corrected chi connectivity index (χ2v) is 12.2. The number of carbonyl (C=O) groups is 1. The molecule has 2 amide bonds. The van der Waals surface area contributed by atoms with Gasteiger partial charge in [0.25, 0.3) is 0 Å². The van der Waals surface area contributed by atoms with E-state index in [-0.39, 0.29) is 11.7 Å². The number of anilines is 3. The van der Waals surface area contributed by atoms with Crippen LogP contribution in [-0.4, -0.2) is 44.7 Å². The fourth-order valence-electron chi connectivity index (χ4n) is 4.93. The van der Waals surface area contributed by atoms with Crippen molar-refractivity contribution >= 4 is 33.1 Å². The van der Waals surface area contributed by atoms with E-state index >= 15 is 0 Å². The molecule has 1 saturated heterocycles. The highest BCUT2D eigenvalue weighted by Crippen LogP contribution is 2.29. The Kier molecular flexibility index (Phi) is 9.22. The number of ether oxygens (including phenoxy) is 1. The second kappa shape index (κ2) is 13.2. The van der Waals surface area contributed by atoms with Crippen LogP contribution in [0, 0.1) is 11.6 Å². The summed E-state index contributed by atoms with van der Waals surface area (Å²) in [6.45, 7) is 2.28. The Morgan fingerprint density at radius 2 is 1.49 bits per heavy atom. The van der Waals surface area contributed by atoms with E-state index in [1.807, 2.05) is 24.3 Å². The number of nitrogens with one attached hydrogen (secondary N) is 2. The Morgan fingerprint density at radius 1 is 0.884 bits per heavy atom. The first-order chi connectivity index (χ1) is 20.6. The number of benzene rings is 4. The van der Waals surface area contributed by atoms with Crippen molar-refractivity contribution in [2.75, 3.05) is 29.0 Å². The minimum atomic E-state index is -3.34. The summed E-state index contributed by atoms with van der Waals surface area (Å²) in [6, 6.07) is 25.3. The first-order valence-corrected chi connectivity index (χ1v) is 15.7. The number of halogens is 2. The van der Waals surface area contributed by atoms with Crippen LogP contribution in [0.2, 0.25) is 0 Å². The van der Waals surface area contributed by atoms with Crippen LogP contribution in [0.5, 0.6) is 11.5 Å². The summed E-state index contributed by atoms with van der Waals surface area (Å²) in [5.74, 6) is 0.259. The number of para-hydroxylation sites is 1. The number of piperidine rings is 1. The number of likely N-dealkylation sites (tertiary alicyclic amines) is 1. The normalized spacial score (nSPS) is 14.2. The van der Waals surface area contributed by atoms with Crippen LogP contribution in [0.15, 0.2) is 97.1 Å². The number of rotatable bonds is 9. The van der Waals surface area contributed by atoms with Crippen molar-refractivity contribution in [3.05, 3.63) is 114 Å². The number of sulfonamides is 1. The van der Waals surface area contributed by atoms with E-state index in [0.717, 1.165) is 44.3 Å². The van der Waals surface area contributed by atoms with Gasteiger partial charge >= 0.3 is 6.03 Å². The molecule has 5 rings (SSSR count). The Balaban J connectivity index is 1.13. The summed E-state index contributed by atoms with van der Waals surface area (Å²) < 4.78 is 59.2. The molecule has 4 aromatic rings. The third kappa shape index (κ3) is 8.30. The fraction of sp³-hybridized carbons (Fsp3) is 0.219. The SMILES string of the molecule is CS(=O)(=O)Nc1ccc(Oc2ccc(CN3CCC(NC(=O)N(c4ccc(F)cc4)c4ccccc4F)CC3)cc2)cc1. The Morgan fingerprint density at radius 3 is 2.09 bits per heavy atom. The lowest BCUT2D eigenvalue weighted by Gasteiger charge is -2.34. The molecule has 4 aromatic carbocycles. The molecule has 0 aromatic heterocycles. The lowest BCUT2D eigenvalue weighted by Crippen LogP contribution is -2.48. The molecule has 1 aliphatic rings. The van der Waals surface area contributed by atoms with Crippen molar-refractivity contribution < 1.29 is 26.7 Å². The fourth-order valence-corrected chi connectivity index (χ4v) is 5.49. The number of hydrogen-bond acceptors (Lipinski definition) is 5. The lowest BCUT2D eigenvalue weighted by atomic mass is 10.0. The maximum atomic E-state index is 14.7. The van der Waals surface area contributed by atoms with Crippen molar-refractivity contribution in [1.29, 1.82) is 0 Å². The van der Waals surface area contributed by atoms with Gasteiger partial charge in [0.1, 0.15) is 23.1 Å². The van der Waals surface area contributed by atoms with Gasteiger partial charge in [0.05, 0.1) is 17.6 Å². The number of hydrogen-bond donors (Lipinski definition) is 2. The zero-order valence-corrected chi connectivity index (χ0v) is 24.4. The van der Waals surface area contributed by atoms with Crippen LogP contribution in [-0.2, 0) is 16.6 Å². The van der Waals surface area contributed by atoms with Crippen LogP contribution >= 0.6 is 0 Å². The largest absolute Gasteiger partial charge is 0.457 e. The Bertz CT molecular complexity index is 1640. The van der Waals surface area contributed by atoms with Crippen LogP contribution in [0.3, 0.4) is 0 Å². The van der Waals surface area contributed by atoms with Crippen molar-refractivity contribution in [3.63, 3.8) is 0 Å². The van der Waals surface area contributed by atoms with Gasteiger partial charge in [-0.05, 0) is 91.2 Å². The van der Waals surface area contributed by atoms with Crippen molar-refractivity contribution in [1.82, 2.24) is 10.2 Å². The van der Waals surface area contributed by atoms with E-state index in [1.165, 1.54) is 41.3 Å². The Hall–Kier alpha value is -4.48. The van der Waals surface area contributed by atoms with E-state index < -0.39 is 27.7 Å². The summed E-state index contributed by atoms with van der Waals surface area (Å²) in [5, 5.41) is 3.04. The van der Waals surface area contributed by atoms with Gasteiger partial charge in [0, 0.05) is 31.4 Å². The first-order valence-electron chi connectivity index (χ1n) is 13.8. The number of urea groups is 1. The summed E-state index contributed by atoms with van der Waals surface area (Å²) in [7, 11) is -3.34. The van der Waals surface area contributed by atoms with Crippen LogP contribution in [0.25, 0.3) is 0 Å². The van der Waals surface area contributed by atoms with Crippen LogP contribution in [0.4, 0.5) is 30.6 Å². The molecule has 0 atom stereocenters. The smallest absolute Gasteiger partial charge is 0.326 e. The van der Waals surface area contributed by atoms with E-state index in [2.05, 4.69) is 14.9 Å². The summed E-state index contributed by atoms with van der Waals surface area (Å²) in [4.78, 5) is 16.9. The van der Waals surface area contributed by atoms with Gasteiger partial charge in [0.15, 0.2) is 0 Å². The van der Waals surface area contributed by atoms with Crippen molar-refractivity contribution in [2.24, 2.45) is 0 Å². The average Bonchev–Trinajstić information content (AvgIpc) is 2.97. The molecule has 0 saturated carbocycles. The molecular weight excluding hydrogens is 574 g/mol. The van der Waals surface area contributed by atoms with Crippen molar-refractivity contribution in [2.45, 2.75) is 25.4 Å². The molecular formula is C32H32F2N4O4S. The Labute approximate surface area is 250 Å². The van der Waals surface area contributed by atoms with Gasteiger partial charge in [-0.1, -0.05) is 24.3 Å². The summed E-state index contributed by atoms with van der Waals surface area (Å²) in [5.41, 5.74) is 2.04. The summed E-state index contributed by atoms with van der Waals surface area (Å²) >= 11 is 0. The van der Waals surface area contributed by atoms with E-state index in [1.54, 1.807) is 36.4 Å². The minimum absolute atomic E-state index is 0.0896. The molecule has 0 bridgehead atoms. The zero-order valence-electron chi connectivity index (χ0n) is 23.5. The summed E-state index contributed by atoms with van der Waals surface area (Å²) in [6.07, 6.45) is 2.55. The van der Waals surface area contributed by atoms with Crippen molar-refractivity contribution in [3.8, 4) is 11.5 Å². The molecule has 43 heavy (non-hydrogen) atoms. The standard InChI is InChI=1S/C32H32F2N4O4S/c1-43(40,41)36-26-10-16-29(17-11-26)42-28-14-6-23(7-15-28)22-37-20-18-25(19-21-37)35-32(39)38(27-12-8-24(33)9-13-27)31-5-3-2-4-30(31)34/h2-17,25,36H,18-22H2,1H3,(H,35,39). The molecule has 2 N–H and O–H groups in total. The molecule has 224 valence electrons. The van der Waals surface area contributed by atoms with Gasteiger partial charge in [-0.15, -0.1) is 0 Å². The molecule has 0 unspecified atom stereocenters. The number of nitrogens with zero attached hydrogens (tertiary/aromatic N) is 2. The molecule has 1 aliphatic heterocycles. The molecule has 11 heteroatoms. The van der Waals surface area contributed by atoms with E-state index in [0.29, 0.717) is 22.9 Å². The molecule has 1 heterocycles. The maximum absolute atomic E-state index is 14.7. The molecule has 1 fully saturated rings. The molecule has 0 radical (unpaired) electrons. The highest BCUT2D eigenvalue weighted by molar-refractivity contribution is 7.92. The molecule has 0 spiro atoms. The first kappa shape index (κ1) is 30.0.